The molecule has 0 saturated heterocycles. The fraction of sp³-hybridized carbons (Fsp3) is 0. The predicted molar refractivity (Wildman–Crippen MR) is 63.9 cm³/mol. The van der Waals surface area contributed by atoms with Crippen molar-refractivity contribution in [2.45, 2.75) is 0 Å². The number of nitrogens with zero attached hydrogens (tertiary/aromatic N) is 1. The van der Waals surface area contributed by atoms with Gasteiger partial charge in [0.2, 0.25) is 0 Å². The number of anilines is 2. The number of pyridine rings is 1. The number of nitrogens with one attached hydrogen (secondary N) is 1. The third kappa shape index (κ3) is 2.68. The van der Waals surface area contributed by atoms with Crippen LogP contribution in [0, 0.1) is 17.5 Å². The molecule has 2 nitrogen and oxygen atoms in total. The van der Waals surface area contributed by atoms with Crippen molar-refractivity contribution in [3.05, 3.63) is 51.9 Å². The van der Waals surface area contributed by atoms with Crippen molar-refractivity contribution in [1.82, 2.24) is 4.98 Å². The first-order valence-electron chi connectivity index (χ1n) is 4.70. The Hall–Kier alpha value is -1.46. The van der Waals surface area contributed by atoms with Crippen LogP contribution in [0.1, 0.15) is 0 Å². The second-order valence-corrected chi connectivity index (χ2v) is 4.20. The van der Waals surface area contributed by atoms with Crippen molar-refractivity contribution >= 4 is 34.7 Å². The summed E-state index contributed by atoms with van der Waals surface area (Å²) in [7, 11) is 0. The Bertz CT molecular complexity index is 582. The molecule has 1 heterocycles. The number of halogens is 5. The minimum Gasteiger partial charge on any atom is -0.334 e. The van der Waals surface area contributed by atoms with Gasteiger partial charge in [0.05, 0.1) is 15.7 Å². The normalized spacial score (nSPS) is 10.5. The Morgan fingerprint density at radius 3 is 2.33 bits per heavy atom. The molecule has 0 aliphatic rings. The van der Waals surface area contributed by atoms with Crippen LogP contribution < -0.4 is 5.32 Å². The van der Waals surface area contributed by atoms with Crippen LogP contribution in [0.25, 0.3) is 0 Å². The van der Waals surface area contributed by atoms with Gasteiger partial charge in [-0.25, -0.2) is 18.2 Å². The molecule has 18 heavy (non-hydrogen) atoms. The largest absolute Gasteiger partial charge is 0.334 e. The van der Waals surface area contributed by atoms with Crippen molar-refractivity contribution in [2.75, 3.05) is 5.32 Å². The molecule has 0 saturated carbocycles. The van der Waals surface area contributed by atoms with Crippen molar-refractivity contribution in [1.29, 1.82) is 0 Å². The summed E-state index contributed by atoms with van der Waals surface area (Å²) < 4.78 is 39.7. The van der Waals surface area contributed by atoms with E-state index in [0.717, 1.165) is 12.1 Å². The molecule has 0 spiro atoms. The van der Waals surface area contributed by atoms with Gasteiger partial charge in [-0.05, 0) is 12.1 Å². The van der Waals surface area contributed by atoms with E-state index in [4.69, 9.17) is 23.2 Å². The lowest BCUT2D eigenvalue weighted by Gasteiger charge is -2.09. The molecule has 0 radical (unpaired) electrons. The van der Waals surface area contributed by atoms with Crippen LogP contribution in [0.5, 0.6) is 0 Å². The molecule has 2 rings (SSSR count). The van der Waals surface area contributed by atoms with Crippen LogP contribution in [0.15, 0.2) is 24.4 Å². The predicted octanol–water partition coefficient (Wildman–Crippen LogP) is 4.55. The molecular formula is C11H5Cl2F3N2. The number of rotatable bonds is 2. The van der Waals surface area contributed by atoms with Gasteiger partial charge < -0.3 is 5.32 Å². The van der Waals surface area contributed by atoms with Crippen LogP contribution in [0.3, 0.4) is 0 Å². The van der Waals surface area contributed by atoms with E-state index in [1.54, 1.807) is 0 Å². The summed E-state index contributed by atoms with van der Waals surface area (Å²) in [6.07, 6.45) is 1.18. The lowest BCUT2D eigenvalue weighted by Crippen LogP contribution is -2.00. The van der Waals surface area contributed by atoms with Gasteiger partial charge in [0.15, 0.2) is 17.5 Å². The monoisotopic (exact) mass is 292 g/mol. The summed E-state index contributed by atoms with van der Waals surface area (Å²) in [5.41, 5.74) is -0.258. The van der Waals surface area contributed by atoms with Gasteiger partial charge in [0, 0.05) is 12.3 Å². The van der Waals surface area contributed by atoms with Crippen LogP contribution in [-0.4, -0.2) is 4.98 Å². The van der Waals surface area contributed by atoms with E-state index < -0.39 is 17.5 Å². The van der Waals surface area contributed by atoms with Crippen LogP contribution in [0.2, 0.25) is 10.0 Å². The minimum atomic E-state index is -0.948. The molecule has 1 aromatic heterocycles. The summed E-state index contributed by atoms with van der Waals surface area (Å²) in [6, 6.07) is 2.54. The van der Waals surface area contributed by atoms with Gasteiger partial charge in [-0.3, -0.25) is 0 Å². The molecule has 0 aliphatic heterocycles. The quantitative estimate of drug-likeness (QED) is 0.878. The molecule has 0 fully saturated rings. The van der Waals surface area contributed by atoms with E-state index in [1.807, 2.05) is 0 Å². The molecule has 0 aliphatic carbocycles. The molecule has 0 bridgehead atoms. The van der Waals surface area contributed by atoms with Gasteiger partial charge in [-0.2, -0.15) is 0 Å². The molecule has 0 atom stereocenters. The Kier molecular flexibility index (Phi) is 3.63. The molecule has 94 valence electrons. The Morgan fingerprint density at radius 2 is 1.72 bits per heavy atom. The first-order chi connectivity index (χ1) is 8.47. The zero-order chi connectivity index (χ0) is 13.3. The van der Waals surface area contributed by atoms with E-state index in [0.29, 0.717) is 6.07 Å². The van der Waals surface area contributed by atoms with Gasteiger partial charge in [-0.15, -0.1) is 0 Å². The standard InChI is InChI=1S/C11H5Cl2F3N2/c12-5-1-9(16)11(17-4-5)18-10-7(13)2-6(14)3-8(10)15/h1-4H,(H,17,18). The maximum absolute atomic E-state index is 13.4. The molecular weight excluding hydrogens is 288 g/mol. The topological polar surface area (TPSA) is 24.9 Å². The highest BCUT2D eigenvalue weighted by Gasteiger charge is 2.13. The second kappa shape index (κ2) is 5.04. The molecule has 1 N–H and O–H groups in total. The van der Waals surface area contributed by atoms with Gasteiger partial charge in [-0.1, -0.05) is 23.2 Å². The number of hydrogen-bond acceptors (Lipinski definition) is 2. The number of hydrogen-bond donors (Lipinski definition) is 1. The van der Waals surface area contributed by atoms with E-state index >= 15 is 0 Å². The molecule has 1 aromatic carbocycles. The van der Waals surface area contributed by atoms with E-state index in [9.17, 15) is 13.2 Å². The highest BCUT2D eigenvalue weighted by Crippen LogP contribution is 2.30. The third-order valence-electron chi connectivity index (χ3n) is 2.06. The summed E-state index contributed by atoms with van der Waals surface area (Å²) in [5.74, 6) is -2.81. The zero-order valence-electron chi connectivity index (χ0n) is 8.65. The maximum Gasteiger partial charge on any atom is 0.167 e. The fourth-order valence-electron chi connectivity index (χ4n) is 1.29. The molecule has 0 amide bonds. The highest BCUT2D eigenvalue weighted by molar-refractivity contribution is 6.33. The van der Waals surface area contributed by atoms with Crippen molar-refractivity contribution in [3.8, 4) is 0 Å². The molecule has 0 unspecified atom stereocenters. The first-order valence-corrected chi connectivity index (χ1v) is 5.45. The van der Waals surface area contributed by atoms with E-state index in [-0.39, 0.29) is 21.6 Å². The van der Waals surface area contributed by atoms with Crippen LogP contribution in [0.4, 0.5) is 24.7 Å². The van der Waals surface area contributed by atoms with Crippen LogP contribution >= 0.6 is 23.2 Å². The lowest BCUT2D eigenvalue weighted by molar-refractivity contribution is 0.585. The average molecular weight is 293 g/mol. The summed E-state index contributed by atoms with van der Waals surface area (Å²) in [5, 5.41) is 2.23. The van der Waals surface area contributed by atoms with E-state index in [1.165, 1.54) is 6.20 Å². The Balaban J connectivity index is 2.40. The Labute approximate surface area is 110 Å². The molecule has 2 aromatic rings. The fourth-order valence-corrected chi connectivity index (χ4v) is 1.67. The minimum absolute atomic E-state index is 0.101. The van der Waals surface area contributed by atoms with Crippen molar-refractivity contribution in [2.24, 2.45) is 0 Å². The van der Waals surface area contributed by atoms with Crippen molar-refractivity contribution in [3.63, 3.8) is 0 Å². The summed E-state index contributed by atoms with van der Waals surface area (Å²) in [6.45, 7) is 0. The SMILES string of the molecule is Fc1cc(F)c(Nc2ncc(Cl)cc2F)c(Cl)c1. The zero-order valence-corrected chi connectivity index (χ0v) is 10.2. The van der Waals surface area contributed by atoms with Gasteiger partial charge in [0.25, 0.3) is 0 Å². The van der Waals surface area contributed by atoms with Crippen LogP contribution in [-0.2, 0) is 0 Å². The van der Waals surface area contributed by atoms with Gasteiger partial charge >= 0.3 is 0 Å². The summed E-state index contributed by atoms with van der Waals surface area (Å²) >= 11 is 11.2. The Morgan fingerprint density at radius 1 is 1.00 bits per heavy atom. The van der Waals surface area contributed by atoms with Gasteiger partial charge in [0.1, 0.15) is 5.82 Å². The second-order valence-electron chi connectivity index (χ2n) is 3.35. The average Bonchev–Trinajstić information content (AvgIpc) is 2.25. The number of aromatic nitrogens is 1. The molecule has 7 heteroatoms. The smallest absolute Gasteiger partial charge is 0.167 e. The number of benzene rings is 1. The third-order valence-corrected chi connectivity index (χ3v) is 2.56. The first kappa shape index (κ1) is 13.0. The maximum atomic E-state index is 13.4. The van der Waals surface area contributed by atoms with Crippen molar-refractivity contribution < 1.29 is 13.2 Å². The van der Waals surface area contributed by atoms with E-state index in [2.05, 4.69) is 10.3 Å². The lowest BCUT2D eigenvalue weighted by atomic mass is 10.3. The highest BCUT2D eigenvalue weighted by atomic mass is 35.5. The summed E-state index contributed by atoms with van der Waals surface area (Å²) in [4.78, 5) is 3.64.